The molecule has 2 atom stereocenters. The van der Waals surface area contributed by atoms with Gasteiger partial charge in [0.05, 0.1) is 46.2 Å². The Labute approximate surface area is 298 Å². The number of halogens is 1. The Kier molecular flexibility index (Phi) is 13.7. The van der Waals surface area contributed by atoms with Gasteiger partial charge in [0.1, 0.15) is 24.2 Å². The number of benzene rings is 2. The van der Waals surface area contributed by atoms with Gasteiger partial charge in [-0.25, -0.2) is 4.79 Å². The second-order valence-electron chi connectivity index (χ2n) is 11.3. The van der Waals surface area contributed by atoms with Crippen molar-refractivity contribution in [2.75, 3.05) is 30.8 Å². The molecule has 266 valence electrons. The number of anilines is 3. The molecule has 1 unspecified atom stereocenters. The molecule has 1 amide bonds. The Hall–Kier alpha value is -5.75. The van der Waals surface area contributed by atoms with E-state index in [9.17, 15) is 19.6 Å². The van der Waals surface area contributed by atoms with Crippen LogP contribution in [0.15, 0.2) is 73.1 Å². The molecule has 3 heterocycles. The van der Waals surface area contributed by atoms with E-state index in [4.69, 9.17) is 36.4 Å². The summed E-state index contributed by atoms with van der Waals surface area (Å²) in [6.07, 6.45) is 6.30. The number of nitriles is 1. The van der Waals surface area contributed by atoms with E-state index >= 15 is 0 Å². The molecule has 0 saturated carbocycles. The summed E-state index contributed by atoms with van der Waals surface area (Å²) < 4.78 is 11.7. The van der Waals surface area contributed by atoms with Gasteiger partial charge in [-0.1, -0.05) is 23.7 Å². The molecule has 51 heavy (non-hydrogen) atoms. The highest BCUT2D eigenvalue weighted by molar-refractivity contribution is 6.32. The van der Waals surface area contributed by atoms with Crippen molar-refractivity contribution in [2.24, 2.45) is 0 Å². The Balaban J connectivity index is 0.000000573. The van der Waals surface area contributed by atoms with Crippen molar-refractivity contribution < 1.29 is 39.2 Å². The third-order valence-corrected chi connectivity index (χ3v) is 7.95. The molecule has 14 nitrogen and oxygen atoms in total. The van der Waals surface area contributed by atoms with Crippen LogP contribution < -0.4 is 20.1 Å². The number of amides is 1. The minimum atomic E-state index is -1.79. The SMILES string of the molecule is CCOc1cc2ncc(C#N)c(Nc3ccc(OCc4ccccn4)c(Cl)c3)c2cc1NC(=O)/C=C/[C@H]1CCCN1C.O=C(O)CC(O)C(=O)O. The molecule has 0 aliphatic carbocycles. The molecule has 5 rings (SSSR count). The van der Waals surface area contributed by atoms with Crippen LogP contribution in [0.3, 0.4) is 0 Å². The van der Waals surface area contributed by atoms with Crippen LogP contribution in [-0.4, -0.2) is 80.4 Å². The number of pyridine rings is 2. The lowest BCUT2D eigenvalue weighted by atomic mass is 10.1. The molecule has 5 N–H and O–H groups in total. The van der Waals surface area contributed by atoms with Crippen molar-refractivity contribution in [1.29, 1.82) is 5.26 Å². The number of hydrogen-bond donors (Lipinski definition) is 5. The maximum Gasteiger partial charge on any atom is 0.333 e. The largest absolute Gasteiger partial charge is 0.492 e. The first-order valence-corrected chi connectivity index (χ1v) is 16.3. The zero-order valence-electron chi connectivity index (χ0n) is 27.9. The Morgan fingerprint density at radius 3 is 2.55 bits per heavy atom. The molecule has 0 radical (unpaired) electrons. The van der Waals surface area contributed by atoms with Gasteiger partial charge in [-0.05, 0) is 69.8 Å². The summed E-state index contributed by atoms with van der Waals surface area (Å²) >= 11 is 6.54. The standard InChI is InChI=1S/C32H31ClN6O3.C4H6O5/c1-3-41-30-17-27-25(16-28(30)38-31(40)12-10-24-8-6-14-39(24)2)32(21(18-34)19-36-27)37-22-9-11-29(26(33)15-22)42-20-23-7-4-5-13-35-23;5-2(4(8)9)1-3(6)7/h4-5,7,9-13,15-17,19,24H,3,6,8,14,20H2,1-2H3,(H,36,37)(H,38,40);2,5H,1H2,(H,6,7)(H,8,9)/b12-10+;/t24-;/m1./s1. The van der Waals surface area contributed by atoms with Crippen LogP contribution in [0.4, 0.5) is 17.1 Å². The van der Waals surface area contributed by atoms with Gasteiger partial charge >= 0.3 is 11.9 Å². The third-order valence-electron chi connectivity index (χ3n) is 7.65. The highest BCUT2D eigenvalue weighted by atomic mass is 35.5. The number of aliphatic carboxylic acids is 2. The number of fused-ring (bicyclic) bond motifs is 1. The topological polar surface area (TPSA) is 207 Å². The predicted molar refractivity (Wildman–Crippen MR) is 190 cm³/mol. The van der Waals surface area contributed by atoms with Crippen LogP contribution in [0.2, 0.25) is 5.02 Å². The number of carboxylic acid groups (broad SMARTS) is 2. The number of aromatic nitrogens is 2. The van der Waals surface area contributed by atoms with Gasteiger partial charge in [0.25, 0.3) is 0 Å². The summed E-state index contributed by atoms with van der Waals surface area (Å²) in [4.78, 5) is 43.3. The van der Waals surface area contributed by atoms with Gasteiger partial charge in [-0.2, -0.15) is 5.26 Å². The highest BCUT2D eigenvalue weighted by Crippen LogP contribution is 2.37. The van der Waals surface area contributed by atoms with Gasteiger partial charge in [-0.3, -0.25) is 24.5 Å². The molecule has 1 saturated heterocycles. The Morgan fingerprint density at radius 1 is 1.14 bits per heavy atom. The summed E-state index contributed by atoms with van der Waals surface area (Å²) in [5.41, 5.74) is 3.38. The fraction of sp³-hybridized carbons (Fsp3) is 0.278. The van der Waals surface area contributed by atoms with E-state index in [2.05, 4.69) is 38.6 Å². The van der Waals surface area contributed by atoms with Crippen molar-refractivity contribution >= 4 is 57.4 Å². The molecule has 1 aliphatic heterocycles. The first-order valence-electron chi connectivity index (χ1n) is 15.9. The summed E-state index contributed by atoms with van der Waals surface area (Å²) in [5, 5.41) is 41.3. The summed E-state index contributed by atoms with van der Waals surface area (Å²) in [6, 6.07) is 16.9. The molecular formula is C36H37ClN6O8. The van der Waals surface area contributed by atoms with Gasteiger partial charge in [0.15, 0.2) is 6.10 Å². The lowest BCUT2D eigenvalue weighted by Crippen LogP contribution is -2.23. The molecule has 0 spiro atoms. The van der Waals surface area contributed by atoms with Gasteiger partial charge in [0.2, 0.25) is 5.91 Å². The Bertz CT molecular complexity index is 1930. The van der Waals surface area contributed by atoms with Crippen LogP contribution in [0, 0.1) is 11.3 Å². The maximum absolute atomic E-state index is 12.9. The number of carbonyl (C=O) groups is 3. The highest BCUT2D eigenvalue weighted by Gasteiger charge is 2.19. The molecule has 1 fully saturated rings. The van der Waals surface area contributed by atoms with Gasteiger partial charge in [-0.15, -0.1) is 0 Å². The number of nitrogens with one attached hydrogen (secondary N) is 2. The zero-order valence-corrected chi connectivity index (χ0v) is 28.6. The molecule has 2 aromatic carbocycles. The van der Waals surface area contributed by atoms with Crippen LogP contribution in [-0.2, 0) is 21.0 Å². The monoisotopic (exact) mass is 716 g/mol. The van der Waals surface area contributed by atoms with Crippen molar-refractivity contribution in [3.63, 3.8) is 0 Å². The minimum Gasteiger partial charge on any atom is -0.492 e. The van der Waals surface area contributed by atoms with Gasteiger partial charge in [0, 0.05) is 41.7 Å². The predicted octanol–water partition coefficient (Wildman–Crippen LogP) is 5.37. The van der Waals surface area contributed by atoms with E-state index in [-0.39, 0.29) is 18.6 Å². The molecule has 2 aromatic heterocycles. The summed E-state index contributed by atoms with van der Waals surface area (Å²) in [6.45, 7) is 3.58. The lowest BCUT2D eigenvalue weighted by molar-refractivity contribution is -0.152. The molecule has 4 aromatic rings. The second-order valence-corrected chi connectivity index (χ2v) is 11.7. The Morgan fingerprint density at radius 2 is 1.94 bits per heavy atom. The molecule has 1 aliphatic rings. The number of carboxylic acids is 2. The maximum atomic E-state index is 12.9. The van der Waals surface area contributed by atoms with Crippen LogP contribution in [0.5, 0.6) is 11.5 Å². The minimum absolute atomic E-state index is 0.246. The summed E-state index contributed by atoms with van der Waals surface area (Å²) in [5.74, 6) is -2.11. The van der Waals surface area contributed by atoms with E-state index < -0.39 is 24.5 Å². The number of likely N-dealkylation sites (N-methyl/N-ethyl adjacent to an activating group) is 1. The smallest absolute Gasteiger partial charge is 0.333 e. The van der Waals surface area contributed by atoms with Gasteiger partial charge < -0.3 is 35.4 Å². The first-order chi connectivity index (χ1) is 24.5. The van der Waals surface area contributed by atoms with Crippen LogP contribution >= 0.6 is 11.6 Å². The van der Waals surface area contributed by atoms with Crippen molar-refractivity contribution in [3.05, 3.63) is 89.4 Å². The zero-order chi connectivity index (χ0) is 36.9. The lowest BCUT2D eigenvalue weighted by Gasteiger charge is -2.17. The van der Waals surface area contributed by atoms with Crippen LogP contribution in [0.1, 0.15) is 37.4 Å². The van der Waals surface area contributed by atoms with Crippen molar-refractivity contribution in [2.45, 2.75) is 44.9 Å². The van der Waals surface area contributed by atoms with Crippen molar-refractivity contribution in [1.82, 2.24) is 14.9 Å². The number of carbonyl (C=O) groups excluding carboxylic acids is 1. The molecule has 15 heteroatoms. The van der Waals surface area contributed by atoms with E-state index in [1.54, 1.807) is 36.5 Å². The van der Waals surface area contributed by atoms with E-state index in [1.807, 2.05) is 37.3 Å². The van der Waals surface area contributed by atoms with E-state index in [1.165, 1.54) is 6.20 Å². The number of hydrogen-bond acceptors (Lipinski definition) is 11. The van der Waals surface area contributed by atoms with Crippen molar-refractivity contribution in [3.8, 4) is 17.6 Å². The average molecular weight is 717 g/mol. The fourth-order valence-corrected chi connectivity index (χ4v) is 5.33. The van der Waals surface area contributed by atoms with Crippen LogP contribution in [0.25, 0.3) is 10.9 Å². The number of nitrogens with zero attached hydrogens (tertiary/aromatic N) is 4. The normalized spacial score (nSPS) is 14.6. The fourth-order valence-electron chi connectivity index (χ4n) is 5.09. The summed E-state index contributed by atoms with van der Waals surface area (Å²) in [7, 11) is 2.06. The third kappa shape index (κ3) is 10.9. The second kappa shape index (κ2) is 18.3. The number of aliphatic hydroxyl groups is 1. The number of ether oxygens (including phenoxy) is 2. The van der Waals surface area contributed by atoms with E-state index in [0.717, 1.165) is 25.1 Å². The first kappa shape index (κ1) is 38.1. The number of aliphatic hydroxyl groups excluding tert-OH is 1. The number of likely N-dealkylation sites (tertiary alicyclic amines) is 1. The average Bonchev–Trinajstić information content (AvgIpc) is 3.52. The van der Waals surface area contributed by atoms with E-state index in [0.29, 0.717) is 56.7 Å². The molecule has 0 bridgehead atoms. The quantitative estimate of drug-likeness (QED) is 0.110. The number of rotatable bonds is 13. The molecular weight excluding hydrogens is 680 g/mol.